The van der Waals surface area contributed by atoms with Gasteiger partial charge in [0, 0.05) is 29.7 Å². The van der Waals surface area contributed by atoms with Crippen LogP contribution < -0.4 is 10.1 Å². The fraction of sp³-hybridized carbons (Fsp3) is 0.538. The molecule has 5 heteroatoms. The van der Waals surface area contributed by atoms with E-state index in [4.69, 9.17) is 32.7 Å². The molecule has 0 aliphatic carbocycles. The van der Waals surface area contributed by atoms with E-state index < -0.39 is 0 Å². The van der Waals surface area contributed by atoms with Gasteiger partial charge in [0.15, 0.2) is 0 Å². The van der Waals surface area contributed by atoms with Crippen LogP contribution in [0.1, 0.15) is 18.0 Å². The van der Waals surface area contributed by atoms with Crippen LogP contribution in [0.4, 0.5) is 0 Å². The van der Waals surface area contributed by atoms with Gasteiger partial charge in [0.2, 0.25) is 0 Å². The second kappa shape index (κ2) is 6.11. The third-order valence-electron chi connectivity index (χ3n) is 3.35. The molecule has 2 atom stereocenters. The van der Waals surface area contributed by atoms with E-state index in [1.807, 2.05) is 13.1 Å². The van der Waals surface area contributed by atoms with Crippen molar-refractivity contribution in [2.75, 3.05) is 27.4 Å². The van der Waals surface area contributed by atoms with Crippen LogP contribution in [-0.2, 0) is 4.74 Å². The Hall–Kier alpha value is -0.480. The molecule has 1 heterocycles. The van der Waals surface area contributed by atoms with Gasteiger partial charge in [-0.1, -0.05) is 23.2 Å². The van der Waals surface area contributed by atoms with Crippen molar-refractivity contribution in [3.8, 4) is 5.75 Å². The van der Waals surface area contributed by atoms with E-state index in [9.17, 15) is 0 Å². The van der Waals surface area contributed by atoms with Crippen LogP contribution in [0, 0.1) is 5.92 Å². The minimum atomic E-state index is 0.156. The van der Waals surface area contributed by atoms with E-state index >= 15 is 0 Å². The average molecular weight is 290 g/mol. The Morgan fingerprint density at radius 2 is 2.17 bits per heavy atom. The predicted molar refractivity (Wildman–Crippen MR) is 73.7 cm³/mol. The molecule has 0 radical (unpaired) electrons. The summed E-state index contributed by atoms with van der Waals surface area (Å²) >= 11 is 12.5. The van der Waals surface area contributed by atoms with Gasteiger partial charge in [-0.05, 0) is 25.1 Å². The zero-order valence-electron chi connectivity index (χ0n) is 10.5. The van der Waals surface area contributed by atoms with Gasteiger partial charge in [-0.15, -0.1) is 0 Å². The lowest BCUT2D eigenvalue weighted by Gasteiger charge is -2.24. The summed E-state index contributed by atoms with van der Waals surface area (Å²) in [4.78, 5) is 0. The van der Waals surface area contributed by atoms with Crippen LogP contribution in [0.25, 0.3) is 0 Å². The molecule has 1 saturated heterocycles. The first-order chi connectivity index (χ1) is 8.67. The fourth-order valence-electron chi connectivity index (χ4n) is 2.40. The minimum Gasteiger partial charge on any atom is -0.495 e. The van der Waals surface area contributed by atoms with Crippen molar-refractivity contribution < 1.29 is 9.47 Å². The molecule has 2 unspecified atom stereocenters. The molecule has 0 spiro atoms. The summed E-state index contributed by atoms with van der Waals surface area (Å²) in [5, 5.41) is 4.55. The van der Waals surface area contributed by atoms with E-state index in [1.165, 1.54) is 0 Å². The van der Waals surface area contributed by atoms with Crippen LogP contribution in [0.5, 0.6) is 5.75 Å². The molecule has 1 fully saturated rings. The van der Waals surface area contributed by atoms with Crippen molar-refractivity contribution in [1.82, 2.24) is 5.32 Å². The third kappa shape index (κ3) is 2.75. The van der Waals surface area contributed by atoms with Gasteiger partial charge in [0.05, 0.1) is 18.7 Å². The Labute approximate surface area is 117 Å². The molecular formula is C13H17Cl2NO2. The molecule has 1 aliphatic heterocycles. The van der Waals surface area contributed by atoms with Gasteiger partial charge in [-0.25, -0.2) is 0 Å². The second-order valence-corrected chi connectivity index (χ2v) is 5.21. The number of rotatable bonds is 4. The second-order valence-electron chi connectivity index (χ2n) is 4.40. The highest BCUT2D eigenvalue weighted by Crippen LogP contribution is 2.38. The highest BCUT2D eigenvalue weighted by molar-refractivity contribution is 6.34. The van der Waals surface area contributed by atoms with E-state index in [0.717, 1.165) is 25.2 Å². The van der Waals surface area contributed by atoms with Crippen LogP contribution in [-0.4, -0.2) is 27.4 Å². The molecular weight excluding hydrogens is 273 g/mol. The number of halogens is 2. The highest BCUT2D eigenvalue weighted by atomic mass is 35.5. The number of hydrogen-bond donors (Lipinski definition) is 1. The lowest BCUT2D eigenvalue weighted by molar-refractivity contribution is 0.178. The molecule has 18 heavy (non-hydrogen) atoms. The van der Waals surface area contributed by atoms with E-state index in [0.29, 0.717) is 21.7 Å². The molecule has 0 saturated carbocycles. The zero-order valence-corrected chi connectivity index (χ0v) is 12.0. The van der Waals surface area contributed by atoms with Crippen molar-refractivity contribution in [3.05, 3.63) is 27.7 Å². The lowest BCUT2D eigenvalue weighted by Crippen LogP contribution is -2.25. The van der Waals surface area contributed by atoms with Crippen molar-refractivity contribution in [3.63, 3.8) is 0 Å². The fourth-order valence-corrected chi connectivity index (χ4v) is 2.92. The normalized spacial score (nSPS) is 21.0. The van der Waals surface area contributed by atoms with Crippen LogP contribution in [0.3, 0.4) is 0 Å². The molecule has 1 N–H and O–H groups in total. The summed E-state index contributed by atoms with van der Waals surface area (Å²) in [7, 11) is 3.51. The van der Waals surface area contributed by atoms with Crippen LogP contribution >= 0.6 is 23.2 Å². The van der Waals surface area contributed by atoms with Gasteiger partial charge in [-0.2, -0.15) is 0 Å². The van der Waals surface area contributed by atoms with Gasteiger partial charge in [-0.3, -0.25) is 0 Å². The van der Waals surface area contributed by atoms with Crippen molar-refractivity contribution >= 4 is 23.2 Å². The predicted octanol–water partition coefficient (Wildman–Crippen LogP) is 3.30. The maximum absolute atomic E-state index is 6.31. The summed E-state index contributed by atoms with van der Waals surface area (Å²) in [6.07, 6.45) is 1.03. The van der Waals surface area contributed by atoms with Gasteiger partial charge < -0.3 is 14.8 Å². The summed E-state index contributed by atoms with van der Waals surface area (Å²) < 4.78 is 10.6. The Kier molecular flexibility index (Phi) is 4.73. The first-order valence-electron chi connectivity index (χ1n) is 5.95. The van der Waals surface area contributed by atoms with Gasteiger partial charge >= 0.3 is 0 Å². The quantitative estimate of drug-likeness (QED) is 0.923. The molecule has 0 aromatic heterocycles. The Morgan fingerprint density at radius 3 is 2.72 bits per heavy atom. The van der Waals surface area contributed by atoms with Gasteiger partial charge in [0.25, 0.3) is 0 Å². The maximum atomic E-state index is 6.31. The SMILES string of the molecule is CNC(c1cc(Cl)c(OC)cc1Cl)C1CCOC1. The molecule has 3 nitrogen and oxygen atoms in total. The van der Waals surface area contributed by atoms with E-state index in [1.54, 1.807) is 13.2 Å². The Morgan fingerprint density at radius 1 is 1.39 bits per heavy atom. The van der Waals surface area contributed by atoms with Crippen molar-refractivity contribution in [1.29, 1.82) is 0 Å². The molecule has 0 amide bonds. The summed E-state index contributed by atoms with van der Waals surface area (Å²) in [5.41, 5.74) is 1.00. The highest BCUT2D eigenvalue weighted by Gasteiger charge is 2.28. The number of methoxy groups -OCH3 is 1. The van der Waals surface area contributed by atoms with Crippen molar-refractivity contribution in [2.24, 2.45) is 5.92 Å². The van der Waals surface area contributed by atoms with Gasteiger partial charge in [0.1, 0.15) is 5.75 Å². The topological polar surface area (TPSA) is 30.5 Å². The minimum absolute atomic E-state index is 0.156. The summed E-state index contributed by atoms with van der Waals surface area (Å²) in [6, 6.07) is 3.80. The Bertz CT molecular complexity index is 420. The largest absolute Gasteiger partial charge is 0.495 e. The standard InChI is InChI=1S/C13H17Cl2NO2/c1-16-13(8-3-4-18-7-8)9-5-11(15)12(17-2)6-10(9)14/h5-6,8,13,16H,3-4,7H2,1-2H3. The summed E-state index contributed by atoms with van der Waals surface area (Å²) in [6.45, 7) is 1.57. The number of nitrogens with one attached hydrogen (secondary N) is 1. The third-order valence-corrected chi connectivity index (χ3v) is 3.98. The van der Waals surface area contributed by atoms with E-state index in [2.05, 4.69) is 5.32 Å². The maximum Gasteiger partial charge on any atom is 0.138 e. The van der Waals surface area contributed by atoms with E-state index in [-0.39, 0.29) is 6.04 Å². The first kappa shape index (κ1) is 13.9. The molecule has 100 valence electrons. The molecule has 1 aromatic rings. The average Bonchev–Trinajstić information content (AvgIpc) is 2.87. The summed E-state index contributed by atoms with van der Waals surface area (Å²) in [5.74, 6) is 1.03. The number of ether oxygens (including phenoxy) is 2. The number of benzene rings is 1. The first-order valence-corrected chi connectivity index (χ1v) is 6.71. The molecule has 1 aromatic carbocycles. The Balaban J connectivity index is 2.32. The molecule has 1 aliphatic rings. The van der Waals surface area contributed by atoms with Crippen LogP contribution in [0.2, 0.25) is 10.0 Å². The number of hydrogen-bond acceptors (Lipinski definition) is 3. The zero-order chi connectivity index (χ0) is 13.1. The molecule has 0 bridgehead atoms. The monoisotopic (exact) mass is 289 g/mol. The molecule has 2 rings (SSSR count). The smallest absolute Gasteiger partial charge is 0.138 e. The lowest BCUT2D eigenvalue weighted by atomic mass is 9.92. The van der Waals surface area contributed by atoms with Crippen molar-refractivity contribution in [2.45, 2.75) is 12.5 Å². The van der Waals surface area contributed by atoms with Crippen LogP contribution in [0.15, 0.2) is 12.1 Å².